The zero-order chi connectivity index (χ0) is 18.7. The Bertz CT molecular complexity index is 687. The van der Waals surface area contributed by atoms with E-state index in [2.05, 4.69) is 0 Å². The largest absolute Gasteiger partial charge is 0.478 e. The molecule has 1 aromatic rings. The lowest BCUT2D eigenvalue weighted by molar-refractivity contribution is -0.162. The van der Waals surface area contributed by atoms with Gasteiger partial charge in [0.2, 0.25) is 0 Å². The van der Waals surface area contributed by atoms with E-state index in [1.165, 1.54) is 17.0 Å². The summed E-state index contributed by atoms with van der Waals surface area (Å²) in [6.07, 6.45) is 0.195. The summed E-state index contributed by atoms with van der Waals surface area (Å²) in [6.45, 7) is 2.23. The molecule has 2 aliphatic rings. The molecule has 0 saturated carbocycles. The minimum Gasteiger partial charge on any atom is -0.478 e. The molecule has 0 radical (unpaired) electrons. The number of nitrogens with zero attached hydrogens (tertiary/aromatic N) is 2. The van der Waals surface area contributed by atoms with Crippen molar-refractivity contribution in [1.82, 2.24) is 9.80 Å². The van der Waals surface area contributed by atoms with Crippen molar-refractivity contribution in [2.45, 2.75) is 31.9 Å². The SMILES string of the molecule is C[C@@H](Oc1ccccc1F)C(=O)N1CCC(N2C(=O)COCC2=O)CC1. The number of morpholine rings is 1. The van der Waals surface area contributed by atoms with Crippen LogP contribution in [0, 0.1) is 5.82 Å². The number of likely N-dealkylation sites (tertiary alicyclic amines) is 1. The molecule has 3 amide bonds. The fourth-order valence-corrected chi connectivity index (χ4v) is 3.29. The second-order valence-electron chi connectivity index (χ2n) is 6.40. The Hall–Kier alpha value is -2.48. The molecule has 0 bridgehead atoms. The first kappa shape index (κ1) is 18.3. The molecular formula is C18H21FN2O5. The predicted octanol–water partition coefficient (Wildman–Crippen LogP) is 0.969. The van der Waals surface area contributed by atoms with Gasteiger partial charge in [0.25, 0.3) is 17.7 Å². The van der Waals surface area contributed by atoms with Crippen molar-refractivity contribution in [2.75, 3.05) is 26.3 Å². The van der Waals surface area contributed by atoms with Crippen molar-refractivity contribution in [2.24, 2.45) is 0 Å². The van der Waals surface area contributed by atoms with Crippen LogP contribution in [0.2, 0.25) is 0 Å². The first-order valence-corrected chi connectivity index (χ1v) is 8.60. The number of benzene rings is 1. The van der Waals surface area contributed by atoms with Crippen molar-refractivity contribution < 1.29 is 28.2 Å². The van der Waals surface area contributed by atoms with Gasteiger partial charge >= 0.3 is 0 Å². The molecule has 2 saturated heterocycles. The molecule has 0 aliphatic carbocycles. The van der Waals surface area contributed by atoms with Gasteiger partial charge in [0.05, 0.1) is 0 Å². The minimum atomic E-state index is -0.824. The van der Waals surface area contributed by atoms with E-state index in [1.54, 1.807) is 24.0 Å². The fourth-order valence-electron chi connectivity index (χ4n) is 3.29. The average molecular weight is 364 g/mol. The monoisotopic (exact) mass is 364 g/mol. The van der Waals surface area contributed by atoms with Gasteiger partial charge in [-0.1, -0.05) is 12.1 Å². The predicted molar refractivity (Wildman–Crippen MR) is 88.8 cm³/mol. The Labute approximate surface area is 150 Å². The molecule has 2 heterocycles. The molecule has 1 aromatic carbocycles. The maximum atomic E-state index is 13.7. The molecule has 0 aromatic heterocycles. The third kappa shape index (κ3) is 3.85. The maximum Gasteiger partial charge on any atom is 0.263 e. The van der Waals surface area contributed by atoms with Gasteiger partial charge in [-0.2, -0.15) is 0 Å². The third-order valence-electron chi connectivity index (χ3n) is 4.62. The Balaban J connectivity index is 1.55. The van der Waals surface area contributed by atoms with E-state index in [0.29, 0.717) is 25.9 Å². The average Bonchev–Trinajstić information content (AvgIpc) is 2.63. The molecule has 2 aliphatic heterocycles. The number of imide groups is 1. The molecule has 8 heteroatoms. The van der Waals surface area contributed by atoms with Crippen molar-refractivity contribution in [3.63, 3.8) is 0 Å². The fraction of sp³-hybridized carbons (Fsp3) is 0.500. The number of hydrogen-bond acceptors (Lipinski definition) is 5. The summed E-state index contributed by atoms with van der Waals surface area (Å²) in [7, 11) is 0. The van der Waals surface area contributed by atoms with Gasteiger partial charge < -0.3 is 14.4 Å². The Morgan fingerprint density at radius 1 is 1.19 bits per heavy atom. The summed E-state index contributed by atoms with van der Waals surface area (Å²) >= 11 is 0. The summed E-state index contributed by atoms with van der Waals surface area (Å²) in [6, 6.07) is 5.71. The van der Waals surface area contributed by atoms with Crippen molar-refractivity contribution in [1.29, 1.82) is 0 Å². The Kier molecular flexibility index (Phi) is 5.51. The van der Waals surface area contributed by atoms with Crippen LogP contribution >= 0.6 is 0 Å². The zero-order valence-electron chi connectivity index (χ0n) is 14.5. The molecule has 0 unspecified atom stereocenters. The van der Waals surface area contributed by atoms with Gasteiger partial charge in [-0.3, -0.25) is 19.3 Å². The third-order valence-corrected chi connectivity index (χ3v) is 4.62. The smallest absolute Gasteiger partial charge is 0.263 e. The quantitative estimate of drug-likeness (QED) is 0.744. The van der Waals surface area contributed by atoms with E-state index in [9.17, 15) is 18.8 Å². The lowest BCUT2D eigenvalue weighted by atomic mass is 10.0. The van der Waals surface area contributed by atoms with Crippen LogP contribution in [-0.4, -0.2) is 66.0 Å². The topological polar surface area (TPSA) is 76.2 Å². The van der Waals surface area contributed by atoms with E-state index in [0.717, 1.165) is 0 Å². The number of ether oxygens (including phenoxy) is 2. The number of rotatable bonds is 4. The van der Waals surface area contributed by atoms with Gasteiger partial charge in [-0.05, 0) is 31.9 Å². The highest BCUT2D eigenvalue weighted by molar-refractivity contribution is 5.98. The van der Waals surface area contributed by atoms with Gasteiger partial charge in [0.15, 0.2) is 17.7 Å². The van der Waals surface area contributed by atoms with Crippen molar-refractivity contribution in [3.8, 4) is 5.75 Å². The van der Waals surface area contributed by atoms with Gasteiger partial charge in [0, 0.05) is 19.1 Å². The molecule has 0 spiro atoms. The molecule has 3 rings (SSSR count). The van der Waals surface area contributed by atoms with Crippen LogP contribution in [0.15, 0.2) is 24.3 Å². The van der Waals surface area contributed by atoms with Crippen LogP contribution in [-0.2, 0) is 19.1 Å². The first-order chi connectivity index (χ1) is 12.5. The highest BCUT2D eigenvalue weighted by atomic mass is 19.1. The zero-order valence-corrected chi connectivity index (χ0v) is 14.5. The molecule has 2 fully saturated rings. The van der Waals surface area contributed by atoms with Gasteiger partial charge in [-0.15, -0.1) is 0 Å². The lowest BCUT2D eigenvalue weighted by Crippen LogP contribution is -2.56. The highest BCUT2D eigenvalue weighted by Gasteiger charge is 2.36. The van der Waals surface area contributed by atoms with E-state index < -0.39 is 11.9 Å². The number of carbonyl (C=O) groups excluding carboxylic acids is 3. The van der Waals surface area contributed by atoms with Crippen LogP contribution in [0.1, 0.15) is 19.8 Å². The minimum absolute atomic E-state index is 0.0350. The van der Waals surface area contributed by atoms with Crippen molar-refractivity contribution >= 4 is 17.7 Å². The second kappa shape index (κ2) is 7.82. The van der Waals surface area contributed by atoms with Crippen molar-refractivity contribution in [3.05, 3.63) is 30.1 Å². The summed E-state index contributed by atoms with van der Waals surface area (Å²) in [5.41, 5.74) is 0. The molecule has 1 atom stereocenters. The normalized spacial score (nSPS) is 20.2. The van der Waals surface area contributed by atoms with Crippen LogP contribution < -0.4 is 4.74 Å². The highest BCUT2D eigenvalue weighted by Crippen LogP contribution is 2.21. The molecule has 140 valence electrons. The molecule has 26 heavy (non-hydrogen) atoms. The van der Waals surface area contributed by atoms with Crippen LogP contribution in [0.3, 0.4) is 0 Å². The van der Waals surface area contributed by atoms with E-state index >= 15 is 0 Å². The number of para-hydroxylation sites is 1. The Morgan fingerprint density at radius 2 is 1.81 bits per heavy atom. The molecular weight excluding hydrogens is 343 g/mol. The standard InChI is InChI=1S/C18H21FN2O5/c1-12(26-15-5-3-2-4-14(15)19)18(24)20-8-6-13(7-9-20)21-16(22)10-25-11-17(21)23/h2-5,12-13H,6-11H2,1H3/t12-/m1/s1. The number of amides is 3. The second-order valence-corrected chi connectivity index (χ2v) is 6.40. The number of halogens is 1. The molecule has 0 N–H and O–H groups in total. The van der Waals surface area contributed by atoms with E-state index in [4.69, 9.17) is 9.47 Å². The summed E-state index contributed by atoms with van der Waals surface area (Å²) in [5, 5.41) is 0. The first-order valence-electron chi connectivity index (χ1n) is 8.60. The summed E-state index contributed by atoms with van der Waals surface area (Å²) in [5.74, 6) is -1.39. The lowest BCUT2D eigenvalue weighted by Gasteiger charge is -2.39. The summed E-state index contributed by atoms with van der Waals surface area (Å²) in [4.78, 5) is 39.2. The van der Waals surface area contributed by atoms with Crippen LogP contribution in [0.25, 0.3) is 0 Å². The van der Waals surface area contributed by atoms with E-state index in [-0.39, 0.29) is 42.7 Å². The number of carbonyl (C=O) groups is 3. The van der Waals surface area contributed by atoms with Crippen LogP contribution in [0.4, 0.5) is 4.39 Å². The number of hydrogen-bond donors (Lipinski definition) is 0. The maximum absolute atomic E-state index is 13.7. The van der Waals surface area contributed by atoms with E-state index in [1.807, 2.05) is 0 Å². The number of piperidine rings is 1. The Morgan fingerprint density at radius 3 is 2.42 bits per heavy atom. The van der Waals surface area contributed by atoms with Crippen LogP contribution in [0.5, 0.6) is 5.75 Å². The summed E-state index contributed by atoms with van der Waals surface area (Å²) < 4.78 is 24.0. The van der Waals surface area contributed by atoms with Gasteiger partial charge in [0.1, 0.15) is 13.2 Å². The van der Waals surface area contributed by atoms with Gasteiger partial charge in [-0.25, -0.2) is 4.39 Å². The molecule has 7 nitrogen and oxygen atoms in total.